The summed E-state index contributed by atoms with van der Waals surface area (Å²) in [6.07, 6.45) is -1.84. The maximum atomic E-state index is 10.6. The zero-order chi connectivity index (χ0) is 60.4. The van der Waals surface area contributed by atoms with E-state index in [0.29, 0.717) is 5.56 Å². The molecule has 5 heteroatoms. The first-order chi connectivity index (χ1) is 44.1. The van der Waals surface area contributed by atoms with Crippen molar-refractivity contribution >= 4 is 101 Å². The molecule has 0 radical (unpaired) electrons. The Labute approximate surface area is 517 Å². The van der Waals surface area contributed by atoms with E-state index in [2.05, 4.69) is 322 Å². The van der Waals surface area contributed by atoms with Gasteiger partial charge < -0.3 is 18.9 Å². The molecule has 0 aliphatic carbocycles. The van der Waals surface area contributed by atoms with Crippen molar-refractivity contribution in [2.45, 2.75) is 27.1 Å². The third-order valence-corrected chi connectivity index (χ3v) is 18.1. The summed E-state index contributed by atoms with van der Waals surface area (Å²) in [5.41, 5.74) is 24.2. The van der Waals surface area contributed by atoms with Crippen LogP contribution in [0.15, 0.2) is 303 Å². The van der Waals surface area contributed by atoms with Gasteiger partial charge in [-0.3, -0.25) is 0 Å². The van der Waals surface area contributed by atoms with Gasteiger partial charge in [-0.1, -0.05) is 263 Å². The summed E-state index contributed by atoms with van der Waals surface area (Å²) in [4.78, 5) is 5.07. The van der Waals surface area contributed by atoms with Crippen LogP contribution in [0.4, 0.5) is 34.1 Å². The fourth-order valence-electron chi connectivity index (χ4n) is 14.6. The third-order valence-electron chi connectivity index (χ3n) is 18.1. The highest BCUT2D eigenvalue weighted by Crippen LogP contribution is 2.54. The van der Waals surface area contributed by atoms with Crippen LogP contribution < -0.4 is 26.2 Å². The summed E-state index contributed by atoms with van der Waals surface area (Å²) in [5.74, 6) is 0. The van der Waals surface area contributed by atoms with Gasteiger partial charge in [-0.2, -0.15) is 0 Å². The number of aromatic nitrogens is 2. The van der Waals surface area contributed by atoms with Gasteiger partial charge in [0.15, 0.2) is 0 Å². The van der Waals surface area contributed by atoms with Crippen molar-refractivity contribution in [3.05, 3.63) is 309 Å². The fourth-order valence-corrected chi connectivity index (χ4v) is 14.6. The number of nitrogens with zero attached hydrogens (tertiary/aromatic N) is 4. The van der Waals surface area contributed by atoms with E-state index in [9.17, 15) is 2.74 Å². The molecule has 13 aromatic carbocycles. The number of hydrogen-bond donors (Lipinski definition) is 0. The number of anilines is 6. The first-order valence-corrected chi connectivity index (χ1v) is 30.6. The standard InChI is InChI=1S/C83H61BN4/c1-83(2,3)54-55-50-78-80-79(51-55)88(82-64(58-30-12-6-13-31-58)40-25-41-65(82)59-32-14-7-15-33-59)77-53-61(86-74-44-22-18-36-68(74)69-37-19-23-45-75(69)86)47-49-71(77)84(80)70-48-46-60(85-72-42-20-16-34-66(72)67-35-17-21-43-73(67)85)52-76(70)87(78)81-62(56-26-8-4-9-27-56)38-24-39-63(81)57-28-10-5-11-29-57/h4-53H,54H2,1-3H3/i54D2. The van der Waals surface area contributed by atoms with Gasteiger partial charge in [0.2, 0.25) is 0 Å². The topological polar surface area (TPSA) is 16.3 Å². The van der Waals surface area contributed by atoms with Gasteiger partial charge in [0.1, 0.15) is 0 Å². The lowest BCUT2D eigenvalue weighted by Crippen LogP contribution is -2.61. The molecule has 4 heterocycles. The lowest BCUT2D eigenvalue weighted by Gasteiger charge is -2.46. The molecule has 0 fully saturated rings. The van der Waals surface area contributed by atoms with Gasteiger partial charge in [0.25, 0.3) is 6.71 Å². The molecule has 0 spiro atoms. The third kappa shape index (κ3) is 8.22. The summed E-state index contributed by atoms with van der Waals surface area (Å²) in [6, 6.07) is 110. The van der Waals surface area contributed by atoms with Crippen LogP contribution in [0.2, 0.25) is 0 Å². The van der Waals surface area contributed by atoms with E-state index in [4.69, 9.17) is 0 Å². The van der Waals surface area contributed by atoms with E-state index in [0.717, 1.165) is 128 Å². The van der Waals surface area contributed by atoms with Crippen LogP contribution in [0.25, 0.3) is 99.5 Å². The second-order valence-corrected chi connectivity index (χ2v) is 24.5. The van der Waals surface area contributed by atoms with Crippen molar-refractivity contribution < 1.29 is 2.74 Å². The van der Waals surface area contributed by atoms with E-state index in [1.165, 1.54) is 21.5 Å². The summed E-state index contributed by atoms with van der Waals surface area (Å²) in [6.45, 7) is 5.78. The molecule has 0 bridgehead atoms. The van der Waals surface area contributed by atoms with Gasteiger partial charge in [-0.25, -0.2) is 0 Å². The molecule has 416 valence electrons. The van der Waals surface area contributed by atoms with E-state index in [-0.39, 0.29) is 6.71 Å². The fraction of sp³-hybridized carbons (Fsp3) is 0.0602. The quantitative estimate of drug-likeness (QED) is 0.134. The number of benzene rings is 13. The first-order valence-electron chi connectivity index (χ1n) is 31.6. The molecular weight excluding hydrogens is 1060 g/mol. The highest BCUT2D eigenvalue weighted by atomic mass is 15.2. The molecule has 2 aliphatic heterocycles. The Morgan fingerprint density at radius 2 is 0.625 bits per heavy atom. The Balaban J connectivity index is 1.06. The van der Waals surface area contributed by atoms with E-state index in [1.54, 1.807) is 0 Å². The molecule has 2 aromatic heterocycles. The predicted octanol–water partition coefficient (Wildman–Crippen LogP) is 20.2. The van der Waals surface area contributed by atoms with Gasteiger partial charge in [0, 0.05) is 80.7 Å². The zero-order valence-corrected chi connectivity index (χ0v) is 49.2. The molecule has 15 aromatic rings. The van der Waals surface area contributed by atoms with Crippen molar-refractivity contribution in [3.63, 3.8) is 0 Å². The Morgan fingerprint density at radius 3 is 0.943 bits per heavy atom. The van der Waals surface area contributed by atoms with Gasteiger partial charge in [0.05, 0.1) is 33.4 Å². The van der Waals surface area contributed by atoms with Gasteiger partial charge in [-0.15, -0.1) is 0 Å². The van der Waals surface area contributed by atoms with Crippen molar-refractivity contribution in [1.29, 1.82) is 0 Å². The largest absolute Gasteiger partial charge is 0.310 e. The predicted molar refractivity (Wildman–Crippen MR) is 374 cm³/mol. The number of hydrogen-bond acceptors (Lipinski definition) is 2. The van der Waals surface area contributed by atoms with Crippen LogP contribution in [0.3, 0.4) is 0 Å². The van der Waals surface area contributed by atoms with Crippen LogP contribution in [0, 0.1) is 5.41 Å². The average molecular weight is 1130 g/mol. The zero-order valence-electron chi connectivity index (χ0n) is 51.2. The van der Waals surface area contributed by atoms with Crippen LogP contribution in [0.5, 0.6) is 0 Å². The average Bonchev–Trinajstić information content (AvgIpc) is 0.793. The molecule has 0 N–H and O–H groups in total. The van der Waals surface area contributed by atoms with E-state index < -0.39 is 11.8 Å². The van der Waals surface area contributed by atoms with Gasteiger partial charge in [-0.05, 0) is 117 Å². The molecule has 88 heavy (non-hydrogen) atoms. The lowest BCUT2D eigenvalue weighted by molar-refractivity contribution is 0.411. The Morgan fingerprint density at radius 1 is 0.318 bits per heavy atom. The molecule has 0 saturated carbocycles. The van der Waals surface area contributed by atoms with Crippen LogP contribution in [0.1, 0.15) is 29.1 Å². The maximum absolute atomic E-state index is 10.6. The molecular formula is C83H61BN4. The van der Waals surface area contributed by atoms with Crippen molar-refractivity contribution in [2.24, 2.45) is 5.41 Å². The highest BCUT2D eigenvalue weighted by molar-refractivity contribution is 7.00. The second-order valence-electron chi connectivity index (χ2n) is 24.5. The van der Waals surface area contributed by atoms with Crippen LogP contribution in [-0.2, 0) is 6.37 Å². The Bertz CT molecular complexity index is 4800. The highest BCUT2D eigenvalue weighted by Gasteiger charge is 2.46. The molecule has 0 amide bonds. The molecule has 4 nitrogen and oxygen atoms in total. The monoisotopic (exact) mass is 1130 g/mol. The van der Waals surface area contributed by atoms with Crippen LogP contribution in [-0.4, -0.2) is 15.8 Å². The summed E-state index contributed by atoms with van der Waals surface area (Å²) in [5, 5.41) is 4.77. The van der Waals surface area contributed by atoms with Gasteiger partial charge >= 0.3 is 0 Å². The van der Waals surface area contributed by atoms with Crippen molar-refractivity contribution in [3.8, 4) is 55.9 Å². The smallest absolute Gasteiger partial charge is 0.252 e. The summed E-state index contributed by atoms with van der Waals surface area (Å²) >= 11 is 0. The molecule has 2 aliphatic rings. The minimum absolute atomic E-state index is 0.324. The lowest BCUT2D eigenvalue weighted by atomic mass is 9.33. The first kappa shape index (κ1) is 49.4. The maximum Gasteiger partial charge on any atom is 0.252 e. The van der Waals surface area contributed by atoms with Crippen molar-refractivity contribution in [2.75, 3.05) is 9.80 Å². The number of para-hydroxylation sites is 6. The molecule has 0 atom stereocenters. The molecule has 17 rings (SSSR count). The number of rotatable bonds is 9. The normalized spacial score (nSPS) is 13.2. The number of fused-ring (bicyclic) bond motifs is 10. The van der Waals surface area contributed by atoms with E-state index in [1.807, 2.05) is 20.8 Å². The van der Waals surface area contributed by atoms with Crippen LogP contribution >= 0.6 is 0 Å². The molecule has 0 saturated heterocycles. The second kappa shape index (κ2) is 20.4. The van der Waals surface area contributed by atoms with Crippen molar-refractivity contribution in [1.82, 2.24) is 9.13 Å². The van der Waals surface area contributed by atoms with E-state index >= 15 is 0 Å². The Hall–Kier alpha value is -10.9. The minimum atomic E-state index is -1.84. The summed E-state index contributed by atoms with van der Waals surface area (Å²) < 4.78 is 26.1. The molecule has 0 unspecified atom stereocenters. The summed E-state index contributed by atoms with van der Waals surface area (Å²) in [7, 11) is 0. The minimum Gasteiger partial charge on any atom is -0.310 e. The Kier molecular flexibility index (Phi) is 11.4. The SMILES string of the molecule is [2H]C([2H])(c1cc2c3c(c1)N(c1c(-c4ccccc4)cccc1-c1ccccc1)c1cc(-n4c5ccccc5c5ccccc54)ccc1B3c1ccc(-n3c4ccccc4c4ccccc43)cc1N2c1c(-c2ccccc2)cccc1-c1ccccc1)C(C)(C)C.